The van der Waals surface area contributed by atoms with Crippen molar-refractivity contribution in [1.82, 2.24) is 20.0 Å². The van der Waals surface area contributed by atoms with Crippen molar-refractivity contribution in [2.75, 3.05) is 31.1 Å². The number of urea groups is 1. The molecule has 2 saturated heterocycles. The first-order chi connectivity index (χ1) is 11.3. The van der Waals surface area contributed by atoms with Crippen molar-refractivity contribution < 1.29 is 14.3 Å². The van der Waals surface area contributed by atoms with E-state index in [1.807, 2.05) is 7.05 Å². The number of hydrogen-bond acceptors (Lipinski definition) is 4. The van der Waals surface area contributed by atoms with Gasteiger partial charge in [0.25, 0.3) is 0 Å². The third-order valence-electron chi connectivity index (χ3n) is 4.55. The summed E-state index contributed by atoms with van der Waals surface area (Å²) in [5, 5.41) is 6.97. The summed E-state index contributed by atoms with van der Waals surface area (Å²) < 4.78 is 7.52. The molecule has 2 aliphatic heterocycles. The lowest BCUT2D eigenvalue weighted by molar-refractivity contribution is -0.120. The lowest BCUT2D eigenvalue weighted by atomic mass is 10.1. The molecule has 8 heteroatoms. The van der Waals surface area contributed by atoms with Crippen molar-refractivity contribution >= 4 is 17.6 Å². The Bertz CT molecular complexity index is 627. The molecule has 2 fully saturated rings. The van der Waals surface area contributed by atoms with Gasteiger partial charge in [-0.3, -0.25) is 9.48 Å². The second-order valence-electron chi connectivity index (χ2n) is 7.06. The minimum atomic E-state index is -0.206. The van der Waals surface area contributed by atoms with Crippen LogP contribution >= 0.6 is 0 Å². The van der Waals surface area contributed by atoms with E-state index >= 15 is 0 Å². The Morgan fingerprint density at radius 2 is 2.25 bits per heavy atom. The Balaban J connectivity index is 1.48. The largest absolute Gasteiger partial charge is 0.371 e. The Morgan fingerprint density at radius 3 is 2.83 bits per heavy atom. The number of rotatable bonds is 3. The topological polar surface area (TPSA) is 79.7 Å². The second kappa shape index (κ2) is 6.43. The van der Waals surface area contributed by atoms with E-state index in [0.717, 1.165) is 18.5 Å². The van der Waals surface area contributed by atoms with E-state index in [-0.39, 0.29) is 30.2 Å². The molecule has 132 valence electrons. The van der Waals surface area contributed by atoms with Crippen LogP contribution in [0, 0.1) is 0 Å². The standard InChI is InChI=1S/C16H25N5O3/c1-16(2)5-4-13(24-16)9-17-15(23)20-6-7-21(14(22)11-20)12-8-18-19(3)10-12/h8,10,13H,4-7,9,11H2,1-3H3,(H,17,23)/t13-/m0/s1. The number of anilines is 1. The SMILES string of the molecule is Cn1cc(N2CCN(C(=O)NC[C@@H]3CCC(C)(C)O3)CC2=O)cn1. The lowest BCUT2D eigenvalue weighted by Crippen LogP contribution is -2.55. The maximum atomic E-state index is 12.3. The van der Waals surface area contributed by atoms with Crippen molar-refractivity contribution in [3.05, 3.63) is 12.4 Å². The van der Waals surface area contributed by atoms with Crippen LogP contribution in [-0.4, -0.2) is 64.5 Å². The zero-order valence-electron chi connectivity index (χ0n) is 14.5. The third-order valence-corrected chi connectivity index (χ3v) is 4.55. The molecule has 0 bridgehead atoms. The van der Waals surface area contributed by atoms with E-state index in [1.165, 1.54) is 0 Å². The van der Waals surface area contributed by atoms with Gasteiger partial charge in [-0.05, 0) is 26.7 Å². The number of hydrogen-bond donors (Lipinski definition) is 1. The molecule has 1 N–H and O–H groups in total. The number of carbonyl (C=O) groups is 2. The maximum Gasteiger partial charge on any atom is 0.318 e. The Labute approximate surface area is 141 Å². The third kappa shape index (κ3) is 3.69. The zero-order valence-corrected chi connectivity index (χ0v) is 14.5. The summed E-state index contributed by atoms with van der Waals surface area (Å²) in [7, 11) is 1.81. The zero-order chi connectivity index (χ0) is 17.3. The van der Waals surface area contributed by atoms with Crippen LogP contribution in [0.2, 0.25) is 0 Å². The highest BCUT2D eigenvalue weighted by molar-refractivity contribution is 5.97. The highest BCUT2D eigenvalue weighted by atomic mass is 16.5. The number of nitrogens with one attached hydrogen (secondary N) is 1. The summed E-state index contributed by atoms with van der Waals surface area (Å²) in [6, 6.07) is -0.206. The van der Waals surface area contributed by atoms with Crippen LogP contribution in [0.1, 0.15) is 26.7 Å². The highest BCUT2D eigenvalue weighted by Gasteiger charge is 2.33. The van der Waals surface area contributed by atoms with Crippen molar-refractivity contribution in [2.24, 2.45) is 7.05 Å². The Hall–Kier alpha value is -2.09. The van der Waals surface area contributed by atoms with Gasteiger partial charge >= 0.3 is 6.03 Å². The fraction of sp³-hybridized carbons (Fsp3) is 0.688. The summed E-state index contributed by atoms with van der Waals surface area (Å²) in [5.74, 6) is -0.0948. The molecule has 0 radical (unpaired) electrons. The predicted molar refractivity (Wildman–Crippen MR) is 88.7 cm³/mol. The summed E-state index contributed by atoms with van der Waals surface area (Å²) in [6.07, 6.45) is 5.45. The fourth-order valence-corrected chi connectivity index (χ4v) is 3.20. The first-order valence-corrected chi connectivity index (χ1v) is 8.34. The molecule has 0 saturated carbocycles. The van der Waals surface area contributed by atoms with Crippen LogP contribution in [-0.2, 0) is 16.6 Å². The van der Waals surface area contributed by atoms with E-state index < -0.39 is 0 Å². The van der Waals surface area contributed by atoms with E-state index in [0.29, 0.717) is 19.6 Å². The van der Waals surface area contributed by atoms with Crippen LogP contribution in [0.5, 0.6) is 0 Å². The Kier molecular flexibility index (Phi) is 4.49. The molecule has 0 spiro atoms. The van der Waals surface area contributed by atoms with Crippen molar-refractivity contribution in [3.8, 4) is 0 Å². The summed E-state index contributed by atoms with van der Waals surface area (Å²) >= 11 is 0. The molecule has 8 nitrogen and oxygen atoms in total. The molecule has 3 heterocycles. The van der Waals surface area contributed by atoms with Crippen LogP contribution in [0.15, 0.2) is 12.4 Å². The van der Waals surface area contributed by atoms with Gasteiger partial charge in [-0.1, -0.05) is 0 Å². The minimum absolute atomic E-state index is 0.0522. The molecule has 24 heavy (non-hydrogen) atoms. The molecular formula is C16H25N5O3. The van der Waals surface area contributed by atoms with Gasteiger partial charge in [-0.25, -0.2) is 4.79 Å². The molecule has 1 aromatic heterocycles. The number of carbonyl (C=O) groups excluding carboxylic acids is 2. The van der Waals surface area contributed by atoms with Gasteiger partial charge in [0.15, 0.2) is 0 Å². The lowest BCUT2D eigenvalue weighted by Gasteiger charge is -2.33. The van der Waals surface area contributed by atoms with Gasteiger partial charge in [-0.15, -0.1) is 0 Å². The molecular weight excluding hydrogens is 310 g/mol. The van der Waals surface area contributed by atoms with E-state index in [2.05, 4.69) is 24.3 Å². The summed E-state index contributed by atoms with van der Waals surface area (Å²) in [4.78, 5) is 27.8. The monoisotopic (exact) mass is 335 g/mol. The molecule has 0 unspecified atom stereocenters. The highest BCUT2D eigenvalue weighted by Crippen LogP contribution is 2.28. The fourth-order valence-electron chi connectivity index (χ4n) is 3.20. The number of aromatic nitrogens is 2. The summed E-state index contributed by atoms with van der Waals surface area (Å²) in [5.41, 5.74) is 0.657. The predicted octanol–water partition coefficient (Wildman–Crippen LogP) is 0.736. The van der Waals surface area contributed by atoms with Crippen LogP contribution in [0.4, 0.5) is 10.5 Å². The van der Waals surface area contributed by atoms with Crippen LogP contribution in [0.3, 0.4) is 0 Å². The average Bonchev–Trinajstić information content (AvgIpc) is 3.10. The van der Waals surface area contributed by atoms with Gasteiger partial charge in [-0.2, -0.15) is 5.10 Å². The molecule has 3 amide bonds. The molecule has 2 aliphatic rings. The van der Waals surface area contributed by atoms with Crippen molar-refractivity contribution in [1.29, 1.82) is 0 Å². The normalized spacial score (nSPS) is 23.6. The average molecular weight is 335 g/mol. The number of nitrogens with zero attached hydrogens (tertiary/aromatic N) is 4. The summed E-state index contributed by atoms with van der Waals surface area (Å²) in [6.45, 7) is 5.67. The number of aryl methyl sites for hydroxylation is 1. The van der Waals surface area contributed by atoms with Crippen LogP contribution < -0.4 is 10.2 Å². The van der Waals surface area contributed by atoms with Gasteiger partial charge in [0.05, 0.1) is 23.6 Å². The van der Waals surface area contributed by atoms with Gasteiger partial charge in [0.2, 0.25) is 5.91 Å². The van der Waals surface area contributed by atoms with Crippen molar-refractivity contribution in [3.63, 3.8) is 0 Å². The molecule has 0 aromatic carbocycles. The second-order valence-corrected chi connectivity index (χ2v) is 7.06. The number of amides is 3. The van der Waals surface area contributed by atoms with E-state index in [9.17, 15) is 9.59 Å². The van der Waals surface area contributed by atoms with Gasteiger partial charge in [0, 0.05) is 32.9 Å². The smallest absolute Gasteiger partial charge is 0.318 e. The Morgan fingerprint density at radius 1 is 1.46 bits per heavy atom. The molecule has 0 aliphatic carbocycles. The first kappa shape index (κ1) is 16.8. The van der Waals surface area contributed by atoms with E-state index in [1.54, 1.807) is 26.9 Å². The number of ether oxygens (including phenoxy) is 1. The molecule has 1 atom stereocenters. The quantitative estimate of drug-likeness (QED) is 0.883. The van der Waals surface area contributed by atoms with Crippen LogP contribution in [0.25, 0.3) is 0 Å². The molecule has 1 aromatic rings. The van der Waals surface area contributed by atoms with Gasteiger partial charge < -0.3 is 19.9 Å². The van der Waals surface area contributed by atoms with Crippen molar-refractivity contribution in [2.45, 2.75) is 38.4 Å². The van der Waals surface area contributed by atoms with E-state index in [4.69, 9.17) is 4.74 Å². The molecule has 3 rings (SSSR count). The maximum absolute atomic E-state index is 12.3. The number of piperazine rings is 1. The first-order valence-electron chi connectivity index (χ1n) is 8.34. The van der Waals surface area contributed by atoms with Gasteiger partial charge in [0.1, 0.15) is 6.54 Å². The minimum Gasteiger partial charge on any atom is -0.371 e.